The van der Waals surface area contributed by atoms with Crippen LogP contribution < -0.4 is 0 Å². The van der Waals surface area contributed by atoms with Gasteiger partial charge in [-0.1, -0.05) is 72.8 Å². The third kappa shape index (κ3) is 2.62. The van der Waals surface area contributed by atoms with Gasteiger partial charge in [-0.15, -0.1) is 0 Å². The Hall–Kier alpha value is -2.35. The molecule has 1 aliphatic carbocycles. The second-order valence-electron chi connectivity index (χ2n) is 5.31. The standard InChI is InChI=1S/C19H18O2/c1-21-19(20)17-13-12-16(14-8-4-2-5-9-14)18(17)15-10-6-3-7-11-15/h2-13,16-18H,1H3/t16-,17+,18-/m0/s1. The van der Waals surface area contributed by atoms with Crippen LogP contribution in [-0.2, 0) is 9.53 Å². The van der Waals surface area contributed by atoms with Crippen molar-refractivity contribution >= 4 is 5.97 Å². The fourth-order valence-electron chi connectivity index (χ4n) is 3.15. The molecule has 3 rings (SSSR count). The maximum absolute atomic E-state index is 12.1. The third-order valence-corrected chi connectivity index (χ3v) is 4.14. The molecule has 0 radical (unpaired) electrons. The van der Waals surface area contributed by atoms with Gasteiger partial charge < -0.3 is 4.74 Å². The van der Waals surface area contributed by atoms with Gasteiger partial charge in [0, 0.05) is 11.8 Å². The molecule has 0 bridgehead atoms. The van der Waals surface area contributed by atoms with Crippen LogP contribution in [0.2, 0.25) is 0 Å². The topological polar surface area (TPSA) is 26.3 Å². The van der Waals surface area contributed by atoms with Crippen molar-refractivity contribution in [1.82, 2.24) is 0 Å². The van der Waals surface area contributed by atoms with Crippen LogP contribution in [0.15, 0.2) is 72.8 Å². The molecular formula is C19H18O2. The van der Waals surface area contributed by atoms with Crippen molar-refractivity contribution in [2.75, 3.05) is 7.11 Å². The van der Waals surface area contributed by atoms with E-state index in [0.29, 0.717) is 0 Å². The summed E-state index contributed by atoms with van der Waals surface area (Å²) in [5, 5.41) is 0. The van der Waals surface area contributed by atoms with Gasteiger partial charge in [0.25, 0.3) is 0 Å². The van der Waals surface area contributed by atoms with Crippen LogP contribution in [0.1, 0.15) is 23.0 Å². The van der Waals surface area contributed by atoms with Crippen molar-refractivity contribution in [3.05, 3.63) is 83.9 Å². The van der Waals surface area contributed by atoms with E-state index >= 15 is 0 Å². The lowest BCUT2D eigenvalue weighted by atomic mass is 9.79. The van der Waals surface area contributed by atoms with Gasteiger partial charge in [0.1, 0.15) is 0 Å². The molecule has 0 fully saturated rings. The predicted octanol–water partition coefficient (Wildman–Crippen LogP) is 3.91. The average Bonchev–Trinajstić information content (AvgIpc) is 3.00. The highest BCUT2D eigenvalue weighted by atomic mass is 16.5. The van der Waals surface area contributed by atoms with Gasteiger partial charge in [-0.25, -0.2) is 0 Å². The van der Waals surface area contributed by atoms with Gasteiger partial charge in [0.05, 0.1) is 13.0 Å². The van der Waals surface area contributed by atoms with E-state index in [1.807, 2.05) is 42.5 Å². The monoisotopic (exact) mass is 278 g/mol. The Bertz CT molecular complexity index is 631. The lowest BCUT2D eigenvalue weighted by molar-refractivity contribution is -0.144. The van der Waals surface area contributed by atoms with Crippen molar-refractivity contribution in [2.45, 2.75) is 11.8 Å². The Labute approximate surface area is 125 Å². The van der Waals surface area contributed by atoms with Crippen LogP contribution in [0.25, 0.3) is 0 Å². The lowest BCUT2D eigenvalue weighted by Crippen LogP contribution is -2.22. The van der Waals surface area contributed by atoms with Crippen LogP contribution in [0.4, 0.5) is 0 Å². The van der Waals surface area contributed by atoms with E-state index in [2.05, 4.69) is 30.3 Å². The molecule has 0 amide bonds. The summed E-state index contributed by atoms with van der Waals surface area (Å²) >= 11 is 0. The molecule has 2 heteroatoms. The minimum atomic E-state index is -0.220. The highest BCUT2D eigenvalue weighted by Gasteiger charge is 2.38. The van der Waals surface area contributed by atoms with Gasteiger partial charge in [0.15, 0.2) is 0 Å². The summed E-state index contributed by atoms with van der Waals surface area (Å²) < 4.78 is 4.98. The first kappa shape index (κ1) is 13.6. The maximum Gasteiger partial charge on any atom is 0.313 e. The quantitative estimate of drug-likeness (QED) is 0.628. The second-order valence-corrected chi connectivity index (χ2v) is 5.31. The van der Waals surface area contributed by atoms with E-state index in [1.54, 1.807) is 0 Å². The number of benzene rings is 2. The number of allylic oxidation sites excluding steroid dienone is 1. The molecule has 106 valence electrons. The van der Waals surface area contributed by atoms with E-state index in [-0.39, 0.29) is 23.7 Å². The summed E-state index contributed by atoms with van der Waals surface area (Å²) in [6.07, 6.45) is 4.12. The minimum Gasteiger partial charge on any atom is -0.469 e. The number of ether oxygens (including phenoxy) is 1. The molecule has 0 aliphatic heterocycles. The zero-order chi connectivity index (χ0) is 14.7. The van der Waals surface area contributed by atoms with E-state index in [1.165, 1.54) is 18.2 Å². The molecule has 21 heavy (non-hydrogen) atoms. The van der Waals surface area contributed by atoms with Crippen LogP contribution in [0.3, 0.4) is 0 Å². The van der Waals surface area contributed by atoms with Gasteiger partial charge in [-0.2, -0.15) is 0 Å². The Morgan fingerprint density at radius 3 is 2.00 bits per heavy atom. The number of carbonyl (C=O) groups is 1. The van der Waals surface area contributed by atoms with Crippen molar-refractivity contribution in [3.63, 3.8) is 0 Å². The third-order valence-electron chi connectivity index (χ3n) is 4.14. The predicted molar refractivity (Wildman–Crippen MR) is 83.0 cm³/mol. The average molecular weight is 278 g/mol. The summed E-state index contributed by atoms with van der Waals surface area (Å²) in [5.74, 6) is -0.0834. The van der Waals surface area contributed by atoms with Gasteiger partial charge in [0.2, 0.25) is 0 Å². The molecule has 2 aromatic rings. The highest BCUT2D eigenvalue weighted by Crippen LogP contribution is 2.45. The minimum absolute atomic E-state index is 0.0982. The van der Waals surface area contributed by atoms with Gasteiger partial charge in [-0.3, -0.25) is 4.79 Å². The largest absolute Gasteiger partial charge is 0.469 e. The fraction of sp³-hybridized carbons (Fsp3) is 0.211. The number of rotatable bonds is 3. The molecule has 3 atom stereocenters. The molecule has 0 saturated carbocycles. The smallest absolute Gasteiger partial charge is 0.313 e. The molecule has 0 heterocycles. The normalized spacial score (nSPS) is 24.0. The van der Waals surface area contributed by atoms with Crippen LogP contribution in [0.5, 0.6) is 0 Å². The first-order chi connectivity index (χ1) is 10.3. The number of hydrogen-bond donors (Lipinski definition) is 0. The molecule has 2 nitrogen and oxygen atoms in total. The number of carbonyl (C=O) groups excluding carboxylic acids is 1. The number of esters is 1. The van der Waals surface area contributed by atoms with E-state index in [0.717, 1.165) is 0 Å². The summed E-state index contributed by atoms with van der Waals surface area (Å²) in [6.45, 7) is 0. The van der Waals surface area contributed by atoms with Crippen molar-refractivity contribution < 1.29 is 9.53 Å². The Kier molecular flexibility index (Phi) is 3.87. The molecule has 0 spiro atoms. The number of hydrogen-bond acceptors (Lipinski definition) is 2. The van der Waals surface area contributed by atoms with Crippen LogP contribution >= 0.6 is 0 Å². The van der Waals surface area contributed by atoms with E-state index < -0.39 is 0 Å². The summed E-state index contributed by atoms with van der Waals surface area (Å²) in [4.78, 5) is 12.1. The highest BCUT2D eigenvalue weighted by molar-refractivity contribution is 5.77. The van der Waals surface area contributed by atoms with Crippen molar-refractivity contribution in [2.24, 2.45) is 5.92 Å². The molecule has 0 aromatic heterocycles. The second kappa shape index (κ2) is 5.96. The van der Waals surface area contributed by atoms with Gasteiger partial charge in [-0.05, 0) is 11.1 Å². The van der Waals surface area contributed by atoms with Crippen molar-refractivity contribution in [3.8, 4) is 0 Å². The molecule has 0 N–H and O–H groups in total. The molecule has 2 aromatic carbocycles. The first-order valence-electron chi connectivity index (χ1n) is 7.17. The Morgan fingerprint density at radius 2 is 1.43 bits per heavy atom. The summed E-state index contributed by atoms with van der Waals surface area (Å²) in [5.41, 5.74) is 2.40. The Morgan fingerprint density at radius 1 is 0.857 bits per heavy atom. The fourth-order valence-corrected chi connectivity index (χ4v) is 3.15. The van der Waals surface area contributed by atoms with Crippen LogP contribution in [-0.4, -0.2) is 13.1 Å². The molecular weight excluding hydrogens is 260 g/mol. The molecule has 0 saturated heterocycles. The molecule has 1 aliphatic rings. The SMILES string of the molecule is COC(=O)[C@@H]1C=C[C@@H](c2ccccc2)[C@@H]1c1ccccc1. The Balaban J connectivity index is 2.01. The zero-order valence-electron chi connectivity index (χ0n) is 12.0. The lowest BCUT2D eigenvalue weighted by Gasteiger charge is -2.24. The summed E-state index contributed by atoms with van der Waals surface area (Å²) in [6, 6.07) is 20.5. The van der Waals surface area contributed by atoms with Crippen LogP contribution in [0, 0.1) is 5.92 Å². The maximum atomic E-state index is 12.1. The first-order valence-corrected chi connectivity index (χ1v) is 7.17. The summed E-state index contributed by atoms with van der Waals surface area (Å²) in [7, 11) is 1.45. The zero-order valence-corrected chi connectivity index (χ0v) is 12.0. The molecule has 0 unspecified atom stereocenters. The van der Waals surface area contributed by atoms with Gasteiger partial charge >= 0.3 is 5.97 Å². The number of methoxy groups -OCH3 is 1. The van der Waals surface area contributed by atoms with E-state index in [4.69, 9.17) is 4.74 Å². The van der Waals surface area contributed by atoms with Crippen molar-refractivity contribution in [1.29, 1.82) is 0 Å². The van der Waals surface area contributed by atoms with E-state index in [9.17, 15) is 4.79 Å².